The number of unbranched alkanes of at least 4 members (excludes halogenated alkanes) is 2. The van der Waals surface area contributed by atoms with Gasteiger partial charge in [-0.2, -0.15) is 0 Å². The Balaban J connectivity index is 1.66. The Hall–Kier alpha value is -3.59. The first-order chi connectivity index (χ1) is 27.5. The van der Waals surface area contributed by atoms with E-state index in [2.05, 4.69) is 30.9 Å². The molecular weight excluding hydrogens is 737 g/mol. The van der Waals surface area contributed by atoms with Crippen LogP contribution in [-0.2, 0) is 19.0 Å². The number of oxime groups is 1. The predicted octanol–water partition coefficient (Wildman–Crippen LogP) is 6.59. The van der Waals surface area contributed by atoms with E-state index in [0.717, 1.165) is 48.3 Å². The molecule has 3 N–H and O–H groups in total. The number of fused-ring (bicyclic) bond motifs is 2. The number of hydrogen-bond donors (Lipinski definition) is 3. The van der Waals surface area contributed by atoms with Gasteiger partial charge >= 0.3 is 6.09 Å². The van der Waals surface area contributed by atoms with Crippen LogP contribution in [0.1, 0.15) is 63.4 Å². The number of rotatable bonds is 24. The van der Waals surface area contributed by atoms with Gasteiger partial charge in [0.15, 0.2) is 0 Å². The summed E-state index contributed by atoms with van der Waals surface area (Å²) in [5.41, 5.74) is 2.64. The van der Waals surface area contributed by atoms with Crippen LogP contribution in [0, 0.1) is 17.8 Å². The van der Waals surface area contributed by atoms with E-state index in [1.807, 2.05) is 37.3 Å². The Kier molecular flexibility index (Phi) is 17.4. The molecule has 13 heteroatoms. The second kappa shape index (κ2) is 22.4. The number of aliphatic hydroxyl groups excluding tert-OH is 3. The molecule has 0 saturated heterocycles. The van der Waals surface area contributed by atoms with Crippen molar-refractivity contribution in [2.24, 2.45) is 22.9 Å². The van der Waals surface area contributed by atoms with Crippen molar-refractivity contribution in [3.8, 4) is 11.5 Å². The summed E-state index contributed by atoms with van der Waals surface area (Å²) in [4.78, 5) is 22.4. The molecule has 5 rings (SSSR count). The summed E-state index contributed by atoms with van der Waals surface area (Å²) in [6.45, 7) is 7.35. The van der Waals surface area contributed by atoms with Crippen molar-refractivity contribution in [1.82, 2.24) is 4.90 Å². The van der Waals surface area contributed by atoms with Crippen molar-refractivity contribution in [2.45, 2.75) is 74.5 Å². The van der Waals surface area contributed by atoms with E-state index in [4.69, 9.17) is 33.7 Å². The topological polar surface area (TPSA) is 149 Å². The Morgan fingerprint density at radius 2 is 1.82 bits per heavy atom. The van der Waals surface area contributed by atoms with Crippen molar-refractivity contribution in [3.05, 3.63) is 78.4 Å². The highest BCUT2D eigenvalue weighted by Crippen LogP contribution is 2.62. The molecule has 3 aliphatic rings. The first kappa shape index (κ1) is 43.5. The molecule has 2 aliphatic carbocycles. The summed E-state index contributed by atoms with van der Waals surface area (Å²) >= 11 is 1.74. The number of nitrogens with zero attached hydrogens (tertiary/aromatic N) is 2. The van der Waals surface area contributed by atoms with Crippen molar-refractivity contribution in [1.29, 1.82) is 0 Å². The Labute approximate surface area is 335 Å². The van der Waals surface area contributed by atoms with Gasteiger partial charge in [0.25, 0.3) is 0 Å². The number of ether oxygens (including phenoxy) is 5. The largest absolute Gasteiger partial charge is 0.493 e. The first-order valence-corrected chi connectivity index (χ1v) is 21.0. The van der Waals surface area contributed by atoms with Crippen LogP contribution >= 0.6 is 11.8 Å². The molecule has 56 heavy (non-hydrogen) atoms. The molecule has 12 nitrogen and oxygen atoms in total. The maximum absolute atomic E-state index is 13.8. The number of methoxy groups -OCH3 is 1. The molecule has 0 spiro atoms. The van der Waals surface area contributed by atoms with Gasteiger partial charge in [-0.25, -0.2) is 4.79 Å². The fourth-order valence-corrected chi connectivity index (χ4v) is 9.29. The van der Waals surface area contributed by atoms with Gasteiger partial charge in [-0.15, -0.1) is 18.3 Å². The van der Waals surface area contributed by atoms with Gasteiger partial charge in [0.05, 0.1) is 51.8 Å². The van der Waals surface area contributed by atoms with E-state index < -0.39 is 23.8 Å². The summed E-state index contributed by atoms with van der Waals surface area (Å²) in [7, 11) is 1.35. The van der Waals surface area contributed by atoms with E-state index >= 15 is 0 Å². The van der Waals surface area contributed by atoms with Crippen LogP contribution in [0.4, 0.5) is 4.79 Å². The van der Waals surface area contributed by atoms with Gasteiger partial charge in [0.1, 0.15) is 24.1 Å². The van der Waals surface area contributed by atoms with E-state index in [1.165, 1.54) is 12.0 Å². The third kappa shape index (κ3) is 10.5. The molecule has 1 saturated carbocycles. The minimum Gasteiger partial charge on any atom is -0.493 e. The second-order valence-electron chi connectivity index (χ2n) is 14.2. The van der Waals surface area contributed by atoms with E-state index in [-0.39, 0.29) is 70.4 Å². The number of hydrogen-bond acceptors (Lipinski definition) is 12. The van der Waals surface area contributed by atoms with E-state index in [9.17, 15) is 20.1 Å². The third-order valence-corrected chi connectivity index (χ3v) is 11.8. The van der Waals surface area contributed by atoms with Gasteiger partial charge in [-0.3, -0.25) is 4.90 Å². The molecule has 1 amide bonds. The molecular formula is C43H60N2O10S. The number of carbonyl (C=O) groups is 1. The summed E-state index contributed by atoms with van der Waals surface area (Å²) in [6.07, 6.45) is 8.35. The SMILES string of the molecule is C=CCO[C@@]12Oc3ccc(OCCSc4ccccc4)cc3[C@H]3[C@H](CCCCO)[C@@H](CCCCO)C=C(C(=NOCC)C[C@@H]1N(CCOCCO)C(=O)OC)[C@H]32. The molecule has 308 valence electrons. The maximum Gasteiger partial charge on any atom is 0.410 e. The minimum absolute atomic E-state index is 0.0822. The molecule has 2 aromatic rings. The zero-order chi connectivity index (χ0) is 39.8. The van der Waals surface area contributed by atoms with Crippen LogP contribution in [0.15, 0.2) is 82.9 Å². The van der Waals surface area contributed by atoms with Crippen LogP contribution in [0.3, 0.4) is 0 Å². The molecule has 1 heterocycles. The number of allylic oxidation sites excluding steroid dienone is 1. The maximum atomic E-state index is 13.8. The lowest BCUT2D eigenvalue weighted by atomic mass is 9.55. The zero-order valence-electron chi connectivity index (χ0n) is 32.9. The Morgan fingerprint density at radius 3 is 2.54 bits per heavy atom. The van der Waals surface area contributed by atoms with Crippen molar-refractivity contribution >= 4 is 23.6 Å². The summed E-state index contributed by atoms with van der Waals surface area (Å²) in [5, 5.41) is 33.8. The lowest BCUT2D eigenvalue weighted by molar-refractivity contribution is -0.255. The molecule has 1 fully saturated rings. The highest BCUT2D eigenvalue weighted by molar-refractivity contribution is 7.99. The minimum atomic E-state index is -1.41. The molecule has 6 atom stereocenters. The average Bonchev–Trinajstić information content (AvgIpc) is 3.22. The monoisotopic (exact) mass is 796 g/mol. The predicted molar refractivity (Wildman–Crippen MR) is 216 cm³/mol. The number of thioether (sulfide) groups is 1. The molecule has 0 radical (unpaired) electrons. The normalized spacial score (nSPS) is 24.3. The van der Waals surface area contributed by atoms with Crippen molar-refractivity contribution < 1.29 is 48.6 Å². The summed E-state index contributed by atoms with van der Waals surface area (Å²) in [5.74, 6) is 0.302. The average molecular weight is 797 g/mol. The first-order valence-electron chi connectivity index (χ1n) is 20.0. The molecule has 0 bridgehead atoms. The standard InChI is InChI=1S/C43H60N2O10S/c1-4-23-53-43-39(45(42(49)50-3)19-24-51-25-22-48)30-37(44-54-5-2)35-28-31(13-9-11-20-46)34(16-10-12-21-47)40(41(35)43)36-29-32(17-18-38(36)55-43)52-26-27-56-33-14-7-6-8-15-33/h4,6-8,14-15,17-18,28-29,31,34,39-41,46-48H,1,5,9-13,16,19-27,30H2,2-3H3/t31-,34+,39-,40+,41+,43+/m0/s1. The molecule has 1 aliphatic heterocycles. The number of aliphatic hydroxyl groups is 3. The Morgan fingerprint density at radius 1 is 1.04 bits per heavy atom. The quantitative estimate of drug-likeness (QED) is 0.0458. The zero-order valence-corrected chi connectivity index (χ0v) is 33.7. The highest BCUT2D eigenvalue weighted by atomic mass is 32.2. The van der Waals surface area contributed by atoms with Gasteiger partial charge < -0.3 is 43.8 Å². The van der Waals surface area contributed by atoms with Crippen LogP contribution in [0.25, 0.3) is 0 Å². The number of amides is 1. The fourth-order valence-electron chi connectivity index (χ4n) is 8.54. The van der Waals surface area contributed by atoms with Crippen LogP contribution in [0.5, 0.6) is 11.5 Å². The van der Waals surface area contributed by atoms with Gasteiger partial charge in [0, 0.05) is 48.3 Å². The molecule has 0 aromatic heterocycles. The van der Waals surface area contributed by atoms with E-state index in [0.29, 0.717) is 37.5 Å². The van der Waals surface area contributed by atoms with Crippen LogP contribution in [0.2, 0.25) is 0 Å². The van der Waals surface area contributed by atoms with Gasteiger partial charge in [-0.05, 0) is 80.3 Å². The Bertz CT molecular complexity index is 1590. The smallest absolute Gasteiger partial charge is 0.410 e. The van der Waals surface area contributed by atoms with Crippen molar-refractivity contribution in [3.63, 3.8) is 0 Å². The molecule has 2 aromatic carbocycles. The summed E-state index contributed by atoms with van der Waals surface area (Å²) in [6, 6.07) is 15.5. The third-order valence-electron chi connectivity index (χ3n) is 10.8. The van der Waals surface area contributed by atoms with Gasteiger partial charge in [-0.1, -0.05) is 48.3 Å². The summed E-state index contributed by atoms with van der Waals surface area (Å²) < 4.78 is 31.6. The lowest BCUT2D eigenvalue weighted by Gasteiger charge is -2.59. The number of carbonyl (C=O) groups excluding carboxylic acids is 1. The lowest BCUT2D eigenvalue weighted by Crippen LogP contribution is -2.70. The van der Waals surface area contributed by atoms with E-state index in [1.54, 1.807) is 22.7 Å². The van der Waals surface area contributed by atoms with Crippen LogP contribution in [-0.4, -0.2) is 116 Å². The molecule has 0 unspecified atom stereocenters. The van der Waals surface area contributed by atoms with Crippen molar-refractivity contribution in [2.75, 3.05) is 72.3 Å². The number of benzene rings is 2. The van der Waals surface area contributed by atoms with Gasteiger partial charge in [0.2, 0.25) is 5.79 Å². The fraction of sp³-hybridized carbons (Fsp3) is 0.581. The van der Waals surface area contributed by atoms with Crippen LogP contribution < -0.4 is 9.47 Å². The highest BCUT2D eigenvalue weighted by Gasteiger charge is 2.65. The second-order valence-corrected chi connectivity index (χ2v) is 15.4.